The first kappa shape index (κ1) is 14.3. The molecule has 4 heterocycles. The van der Waals surface area contributed by atoms with Gasteiger partial charge in [-0.05, 0) is 24.6 Å². The molecule has 1 aliphatic rings. The van der Waals surface area contributed by atoms with Gasteiger partial charge < -0.3 is 0 Å². The number of halogens is 1. The van der Waals surface area contributed by atoms with Crippen molar-refractivity contribution < 1.29 is 9.18 Å². The molecule has 24 heavy (non-hydrogen) atoms. The van der Waals surface area contributed by atoms with Crippen LogP contribution in [0.2, 0.25) is 0 Å². The van der Waals surface area contributed by atoms with Crippen molar-refractivity contribution in [2.24, 2.45) is 5.92 Å². The Morgan fingerprint density at radius 3 is 2.88 bits per heavy atom. The minimum Gasteiger partial charge on any atom is -0.294 e. The van der Waals surface area contributed by atoms with Crippen LogP contribution in [0.25, 0.3) is 16.9 Å². The van der Waals surface area contributed by atoms with Crippen LogP contribution >= 0.6 is 0 Å². The standard InChI is InChI=1S/C16H11FN6O/c17-14-3-1-2-11(20-14)12-9-23-13(4-6-19-23)15(21-12)22-7-5-10(8-18)16(22)24/h1-4,6,9-10H,5,7H2. The van der Waals surface area contributed by atoms with Crippen molar-refractivity contribution in [2.45, 2.75) is 6.42 Å². The zero-order valence-electron chi connectivity index (χ0n) is 12.4. The molecule has 1 saturated heterocycles. The molecule has 118 valence electrons. The average Bonchev–Trinajstić information content (AvgIpc) is 3.20. The summed E-state index contributed by atoms with van der Waals surface area (Å²) in [6, 6.07) is 8.16. The molecular weight excluding hydrogens is 311 g/mol. The second kappa shape index (κ2) is 5.38. The zero-order chi connectivity index (χ0) is 16.7. The Bertz CT molecular complexity index is 992. The first-order chi connectivity index (χ1) is 11.7. The predicted molar refractivity (Wildman–Crippen MR) is 82.2 cm³/mol. The molecule has 1 atom stereocenters. The van der Waals surface area contributed by atoms with Gasteiger partial charge in [0.1, 0.15) is 17.1 Å². The maximum Gasteiger partial charge on any atom is 0.245 e. The highest BCUT2D eigenvalue weighted by Gasteiger charge is 2.34. The molecule has 3 aromatic rings. The smallest absolute Gasteiger partial charge is 0.245 e. The summed E-state index contributed by atoms with van der Waals surface area (Å²) in [5, 5.41) is 13.2. The third kappa shape index (κ3) is 2.18. The lowest BCUT2D eigenvalue weighted by molar-refractivity contribution is -0.119. The molecule has 8 heteroatoms. The minimum atomic E-state index is -0.661. The number of aromatic nitrogens is 4. The minimum absolute atomic E-state index is 0.280. The molecule has 1 amide bonds. The van der Waals surface area contributed by atoms with Crippen molar-refractivity contribution >= 4 is 17.2 Å². The molecule has 1 unspecified atom stereocenters. The van der Waals surface area contributed by atoms with E-state index in [0.717, 1.165) is 0 Å². The molecule has 1 aliphatic heterocycles. The third-order valence-corrected chi connectivity index (χ3v) is 3.96. The monoisotopic (exact) mass is 322 g/mol. The van der Waals surface area contributed by atoms with Crippen LogP contribution in [0, 0.1) is 23.2 Å². The van der Waals surface area contributed by atoms with Crippen LogP contribution in [-0.2, 0) is 4.79 Å². The molecule has 7 nitrogen and oxygen atoms in total. The topological polar surface area (TPSA) is 87.2 Å². The van der Waals surface area contributed by atoms with Crippen LogP contribution in [0.15, 0.2) is 36.7 Å². The first-order valence-electron chi connectivity index (χ1n) is 7.35. The largest absolute Gasteiger partial charge is 0.294 e. The fraction of sp³-hybridized carbons (Fsp3) is 0.188. The van der Waals surface area contributed by atoms with Gasteiger partial charge >= 0.3 is 0 Å². The molecule has 0 spiro atoms. The molecule has 3 aromatic heterocycles. The van der Waals surface area contributed by atoms with Gasteiger partial charge in [-0.3, -0.25) is 9.69 Å². The van der Waals surface area contributed by atoms with E-state index in [2.05, 4.69) is 15.1 Å². The first-order valence-corrected chi connectivity index (χ1v) is 7.35. The van der Waals surface area contributed by atoms with E-state index in [1.54, 1.807) is 35.1 Å². The number of anilines is 1. The summed E-state index contributed by atoms with van der Waals surface area (Å²) in [5.74, 6) is -1.15. The quantitative estimate of drug-likeness (QED) is 0.672. The van der Waals surface area contributed by atoms with Crippen LogP contribution in [0.4, 0.5) is 10.2 Å². The second-order valence-corrected chi connectivity index (χ2v) is 5.42. The van der Waals surface area contributed by atoms with E-state index < -0.39 is 11.9 Å². The second-order valence-electron chi connectivity index (χ2n) is 5.42. The van der Waals surface area contributed by atoms with Crippen molar-refractivity contribution in [2.75, 3.05) is 11.4 Å². The van der Waals surface area contributed by atoms with Crippen molar-refractivity contribution in [1.82, 2.24) is 19.6 Å². The summed E-state index contributed by atoms with van der Waals surface area (Å²) in [4.78, 5) is 22.2. The van der Waals surface area contributed by atoms with E-state index in [4.69, 9.17) is 5.26 Å². The molecule has 0 radical (unpaired) electrons. The van der Waals surface area contributed by atoms with Gasteiger partial charge in [0.15, 0.2) is 5.82 Å². The number of carbonyl (C=O) groups excluding carboxylic acids is 1. The Morgan fingerprint density at radius 2 is 2.12 bits per heavy atom. The number of fused-ring (bicyclic) bond motifs is 1. The summed E-state index contributed by atoms with van der Waals surface area (Å²) >= 11 is 0. The SMILES string of the molecule is N#CC1CCN(c2nc(-c3cccc(F)n3)cn3nccc23)C1=O. The molecule has 0 aliphatic carbocycles. The molecule has 0 saturated carbocycles. The van der Waals surface area contributed by atoms with Crippen molar-refractivity contribution in [1.29, 1.82) is 5.26 Å². The van der Waals surface area contributed by atoms with Gasteiger partial charge in [-0.15, -0.1) is 0 Å². The Morgan fingerprint density at radius 1 is 1.25 bits per heavy atom. The maximum atomic E-state index is 13.4. The van der Waals surface area contributed by atoms with Gasteiger partial charge in [0.25, 0.3) is 0 Å². The van der Waals surface area contributed by atoms with Crippen LogP contribution in [0.5, 0.6) is 0 Å². The Hall–Kier alpha value is -3.34. The Balaban J connectivity index is 1.88. The van der Waals surface area contributed by atoms with Crippen LogP contribution in [-0.4, -0.2) is 32.0 Å². The molecule has 0 aromatic carbocycles. The average molecular weight is 322 g/mol. The summed E-state index contributed by atoms with van der Waals surface area (Å²) in [5.41, 5.74) is 1.38. The number of amides is 1. The number of hydrogen-bond acceptors (Lipinski definition) is 5. The fourth-order valence-electron chi connectivity index (χ4n) is 2.79. The Labute approximate surface area is 136 Å². The van der Waals surface area contributed by atoms with Gasteiger partial charge in [0.2, 0.25) is 11.9 Å². The molecule has 4 rings (SSSR count). The van der Waals surface area contributed by atoms with E-state index in [1.807, 2.05) is 6.07 Å². The highest BCUT2D eigenvalue weighted by Crippen LogP contribution is 2.29. The van der Waals surface area contributed by atoms with Crippen LogP contribution in [0.3, 0.4) is 0 Å². The van der Waals surface area contributed by atoms with Crippen molar-refractivity contribution in [3.05, 3.63) is 42.6 Å². The summed E-state index contributed by atoms with van der Waals surface area (Å²) < 4.78 is 15.0. The highest BCUT2D eigenvalue weighted by molar-refractivity contribution is 6.01. The molecule has 0 N–H and O–H groups in total. The van der Waals surface area contributed by atoms with Crippen LogP contribution < -0.4 is 4.90 Å². The lowest BCUT2D eigenvalue weighted by atomic mass is 10.1. The number of pyridine rings is 1. The predicted octanol–water partition coefficient (Wildman–Crippen LogP) is 1.81. The molecular formula is C16H11FN6O. The van der Waals surface area contributed by atoms with Crippen LogP contribution in [0.1, 0.15) is 6.42 Å². The van der Waals surface area contributed by atoms with Gasteiger partial charge in [-0.1, -0.05) is 6.07 Å². The van der Waals surface area contributed by atoms with Gasteiger partial charge in [-0.25, -0.2) is 14.5 Å². The zero-order valence-corrected chi connectivity index (χ0v) is 12.4. The number of nitrogens with zero attached hydrogens (tertiary/aromatic N) is 6. The van der Waals surface area contributed by atoms with Gasteiger partial charge in [0, 0.05) is 6.54 Å². The fourth-order valence-corrected chi connectivity index (χ4v) is 2.79. The van der Waals surface area contributed by atoms with E-state index >= 15 is 0 Å². The Kier molecular flexibility index (Phi) is 3.20. The van der Waals surface area contributed by atoms with Crippen molar-refractivity contribution in [3.8, 4) is 17.5 Å². The van der Waals surface area contributed by atoms with E-state index in [9.17, 15) is 9.18 Å². The number of hydrogen-bond donors (Lipinski definition) is 0. The lowest BCUT2D eigenvalue weighted by Gasteiger charge is -2.17. The third-order valence-electron chi connectivity index (χ3n) is 3.96. The van der Waals surface area contributed by atoms with E-state index in [0.29, 0.717) is 35.7 Å². The number of rotatable bonds is 2. The normalized spacial score (nSPS) is 17.4. The highest BCUT2D eigenvalue weighted by atomic mass is 19.1. The summed E-state index contributed by atoms with van der Waals surface area (Å²) in [6.45, 7) is 0.408. The molecule has 0 bridgehead atoms. The number of carbonyl (C=O) groups is 1. The summed E-state index contributed by atoms with van der Waals surface area (Å²) in [6.07, 6.45) is 3.67. The lowest BCUT2D eigenvalue weighted by Crippen LogP contribution is -2.28. The van der Waals surface area contributed by atoms with E-state index in [1.165, 1.54) is 11.0 Å². The number of nitriles is 1. The summed E-state index contributed by atoms with van der Waals surface area (Å²) in [7, 11) is 0. The van der Waals surface area contributed by atoms with Gasteiger partial charge in [0.05, 0.1) is 24.2 Å². The van der Waals surface area contributed by atoms with Crippen molar-refractivity contribution in [3.63, 3.8) is 0 Å². The van der Waals surface area contributed by atoms with Gasteiger partial charge in [-0.2, -0.15) is 14.8 Å². The van der Waals surface area contributed by atoms with E-state index in [-0.39, 0.29) is 5.91 Å². The molecule has 1 fully saturated rings. The maximum absolute atomic E-state index is 13.4.